The monoisotopic (exact) mass is 380 g/mol. The second kappa shape index (κ2) is 8.94. The third-order valence-electron chi connectivity index (χ3n) is 4.58. The third-order valence-corrected chi connectivity index (χ3v) is 4.58. The summed E-state index contributed by atoms with van der Waals surface area (Å²) in [4.78, 5) is 34.4. The molecule has 0 aliphatic heterocycles. The van der Waals surface area contributed by atoms with Gasteiger partial charge in [0.15, 0.2) is 6.61 Å². The highest BCUT2D eigenvalue weighted by Crippen LogP contribution is 2.29. The predicted molar refractivity (Wildman–Crippen MR) is 103 cm³/mol. The van der Waals surface area contributed by atoms with Gasteiger partial charge < -0.3 is 10.1 Å². The molecular formula is C21H20N2O5. The SMILES string of the molecule is O=C(COC(=O)/C=C/c1ccccc1[N+](=O)[O-])N[C@@H]1CCCc2ccccc21. The molecule has 0 heterocycles. The second-order valence-electron chi connectivity index (χ2n) is 6.47. The number of carbonyl (C=O) groups excluding carboxylic acids is 2. The number of nitrogens with one attached hydrogen (secondary N) is 1. The van der Waals surface area contributed by atoms with E-state index in [9.17, 15) is 19.7 Å². The minimum absolute atomic E-state index is 0.0846. The van der Waals surface area contributed by atoms with Gasteiger partial charge in [-0.25, -0.2) is 4.79 Å². The average molecular weight is 380 g/mol. The van der Waals surface area contributed by atoms with Crippen molar-refractivity contribution in [2.45, 2.75) is 25.3 Å². The van der Waals surface area contributed by atoms with Gasteiger partial charge in [-0.2, -0.15) is 0 Å². The van der Waals surface area contributed by atoms with E-state index in [-0.39, 0.29) is 23.2 Å². The molecule has 1 aliphatic rings. The van der Waals surface area contributed by atoms with Crippen molar-refractivity contribution in [1.29, 1.82) is 0 Å². The van der Waals surface area contributed by atoms with Crippen LogP contribution in [0, 0.1) is 10.1 Å². The van der Waals surface area contributed by atoms with Crippen molar-refractivity contribution in [3.8, 4) is 0 Å². The van der Waals surface area contributed by atoms with Crippen LogP contribution in [0.1, 0.15) is 35.6 Å². The van der Waals surface area contributed by atoms with Crippen LogP contribution in [0.3, 0.4) is 0 Å². The Bertz CT molecular complexity index is 923. The number of carbonyl (C=O) groups is 2. The molecule has 0 radical (unpaired) electrons. The number of ether oxygens (including phenoxy) is 1. The van der Waals surface area contributed by atoms with Crippen molar-refractivity contribution < 1.29 is 19.2 Å². The summed E-state index contributed by atoms with van der Waals surface area (Å²) in [7, 11) is 0. The maximum absolute atomic E-state index is 12.1. The van der Waals surface area contributed by atoms with E-state index in [0.29, 0.717) is 0 Å². The summed E-state index contributed by atoms with van der Waals surface area (Å²) >= 11 is 0. The molecule has 0 bridgehead atoms. The number of amides is 1. The van der Waals surface area contributed by atoms with Crippen LogP contribution in [-0.2, 0) is 20.7 Å². The van der Waals surface area contributed by atoms with E-state index in [2.05, 4.69) is 11.4 Å². The molecule has 1 amide bonds. The number of para-hydroxylation sites is 1. The van der Waals surface area contributed by atoms with Crippen molar-refractivity contribution in [2.24, 2.45) is 0 Å². The van der Waals surface area contributed by atoms with Gasteiger partial charge in [-0.3, -0.25) is 14.9 Å². The minimum atomic E-state index is -0.739. The van der Waals surface area contributed by atoms with Gasteiger partial charge in [-0.15, -0.1) is 0 Å². The number of nitrogens with zero attached hydrogens (tertiary/aromatic N) is 1. The summed E-state index contributed by atoms with van der Waals surface area (Å²) in [5.41, 5.74) is 2.50. The number of fused-ring (bicyclic) bond motifs is 1. The van der Waals surface area contributed by atoms with Crippen LogP contribution in [0.4, 0.5) is 5.69 Å². The fraction of sp³-hybridized carbons (Fsp3) is 0.238. The number of nitro benzene ring substituents is 1. The second-order valence-corrected chi connectivity index (χ2v) is 6.47. The molecule has 0 aromatic heterocycles. The first-order valence-electron chi connectivity index (χ1n) is 9.00. The Morgan fingerprint density at radius 3 is 2.75 bits per heavy atom. The molecule has 0 spiro atoms. The molecular weight excluding hydrogens is 360 g/mol. The van der Waals surface area contributed by atoms with Gasteiger partial charge in [0.05, 0.1) is 16.5 Å². The zero-order valence-corrected chi connectivity index (χ0v) is 15.2. The van der Waals surface area contributed by atoms with Crippen LogP contribution in [0.5, 0.6) is 0 Å². The zero-order valence-electron chi connectivity index (χ0n) is 15.2. The van der Waals surface area contributed by atoms with Crippen molar-refractivity contribution in [3.63, 3.8) is 0 Å². The maximum atomic E-state index is 12.1. The Kier molecular flexibility index (Phi) is 6.16. The summed E-state index contributed by atoms with van der Waals surface area (Å²) in [5, 5.41) is 13.9. The van der Waals surface area contributed by atoms with E-state index in [0.717, 1.165) is 30.9 Å². The lowest BCUT2D eigenvalue weighted by molar-refractivity contribution is -0.385. The quantitative estimate of drug-likeness (QED) is 0.359. The fourth-order valence-electron chi connectivity index (χ4n) is 3.28. The highest BCUT2D eigenvalue weighted by atomic mass is 16.6. The molecule has 7 nitrogen and oxygen atoms in total. The molecule has 7 heteroatoms. The summed E-state index contributed by atoms with van der Waals surface area (Å²) in [6.07, 6.45) is 5.20. The zero-order chi connectivity index (χ0) is 19.9. The van der Waals surface area contributed by atoms with Crippen molar-refractivity contribution in [3.05, 3.63) is 81.4 Å². The molecule has 1 N–H and O–H groups in total. The molecule has 0 fully saturated rings. The van der Waals surface area contributed by atoms with Crippen molar-refractivity contribution in [1.82, 2.24) is 5.32 Å². The first-order valence-corrected chi connectivity index (χ1v) is 9.00. The first kappa shape index (κ1) is 19.3. The molecule has 2 aromatic rings. The van der Waals surface area contributed by atoms with E-state index in [1.165, 1.54) is 23.8 Å². The number of nitro groups is 1. The molecule has 0 unspecified atom stereocenters. The van der Waals surface area contributed by atoms with E-state index in [1.807, 2.05) is 18.2 Å². The average Bonchev–Trinajstić information content (AvgIpc) is 2.71. The molecule has 1 atom stereocenters. The Hall–Kier alpha value is -3.48. The number of rotatable bonds is 6. The van der Waals surface area contributed by atoms with Crippen LogP contribution in [-0.4, -0.2) is 23.4 Å². The summed E-state index contributed by atoms with van der Waals surface area (Å²) in [6, 6.07) is 13.9. The molecule has 144 valence electrons. The number of aryl methyl sites for hydroxylation is 1. The Balaban J connectivity index is 1.53. The first-order chi connectivity index (χ1) is 13.5. The van der Waals surface area contributed by atoms with E-state index >= 15 is 0 Å². The molecule has 0 saturated heterocycles. The van der Waals surface area contributed by atoms with E-state index in [4.69, 9.17) is 4.74 Å². The largest absolute Gasteiger partial charge is 0.452 e. The Labute approximate surface area is 162 Å². The van der Waals surface area contributed by atoms with E-state index in [1.54, 1.807) is 12.1 Å². The van der Waals surface area contributed by atoms with Gasteiger partial charge in [0.2, 0.25) is 0 Å². The number of benzene rings is 2. The summed E-state index contributed by atoms with van der Waals surface area (Å²) in [5.74, 6) is -1.12. The number of hydrogen-bond donors (Lipinski definition) is 1. The molecule has 1 aliphatic carbocycles. The molecule has 3 rings (SSSR count). The van der Waals surface area contributed by atoms with Crippen LogP contribution < -0.4 is 5.32 Å². The van der Waals surface area contributed by atoms with Gasteiger partial charge >= 0.3 is 5.97 Å². The number of hydrogen-bond acceptors (Lipinski definition) is 5. The van der Waals surface area contributed by atoms with E-state index < -0.39 is 17.5 Å². The van der Waals surface area contributed by atoms with Crippen LogP contribution in [0.15, 0.2) is 54.6 Å². The standard InChI is InChI=1S/C21H20N2O5/c24-20(22-18-10-5-8-15-6-1-3-9-17(15)18)14-28-21(25)13-12-16-7-2-4-11-19(16)23(26)27/h1-4,6-7,9,11-13,18H,5,8,10,14H2,(H,22,24)/b13-12+/t18-/m1/s1. The van der Waals surface area contributed by atoms with Gasteiger partial charge in [-0.05, 0) is 42.5 Å². The predicted octanol–water partition coefficient (Wildman–Crippen LogP) is 3.35. The highest BCUT2D eigenvalue weighted by Gasteiger charge is 2.21. The minimum Gasteiger partial charge on any atom is -0.452 e. The summed E-state index contributed by atoms with van der Waals surface area (Å²) in [6.45, 7) is -0.404. The van der Waals surface area contributed by atoms with Gasteiger partial charge in [0.25, 0.3) is 11.6 Å². The Morgan fingerprint density at radius 2 is 1.93 bits per heavy atom. The smallest absolute Gasteiger partial charge is 0.331 e. The van der Waals surface area contributed by atoms with Crippen LogP contribution in [0.25, 0.3) is 6.08 Å². The van der Waals surface area contributed by atoms with Crippen LogP contribution >= 0.6 is 0 Å². The molecule has 0 saturated carbocycles. The van der Waals surface area contributed by atoms with Crippen molar-refractivity contribution >= 4 is 23.6 Å². The van der Waals surface area contributed by atoms with Crippen LogP contribution in [0.2, 0.25) is 0 Å². The lowest BCUT2D eigenvalue weighted by atomic mass is 9.88. The normalized spacial score (nSPS) is 15.6. The van der Waals surface area contributed by atoms with Gasteiger partial charge in [0, 0.05) is 12.1 Å². The molecule has 2 aromatic carbocycles. The van der Waals surface area contributed by atoms with Crippen molar-refractivity contribution in [2.75, 3.05) is 6.61 Å². The molecule has 28 heavy (non-hydrogen) atoms. The Morgan fingerprint density at radius 1 is 1.18 bits per heavy atom. The van der Waals surface area contributed by atoms with Gasteiger partial charge in [-0.1, -0.05) is 36.4 Å². The maximum Gasteiger partial charge on any atom is 0.331 e. The lowest BCUT2D eigenvalue weighted by Crippen LogP contribution is -2.34. The topological polar surface area (TPSA) is 98.5 Å². The fourth-order valence-corrected chi connectivity index (χ4v) is 3.28. The third kappa shape index (κ3) is 4.82. The summed E-state index contributed by atoms with van der Waals surface area (Å²) < 4.78 is 4.95. The highest BCUT2D eigenvalue weighted by molar-refractivity contribution is 5.90. The lowest BCUT2D eigenvalue weighted by Gasteiger charge is -2.26. The number of esters is 1. The van der Waals surface area contributed by atoms with Gasteiger partial charge in [0.1, 0.15) is 0 Å².